The molecule has 1 unspecified atom stereocenters. The van der Waals surface area contributed by atoms with Crippen molar-refractivity contribution in [3.05, 3.63) is 72.9 Å². The van der Waals surface area contributed by atoms with Gasteiger partial charge in [0.25, 0.3) is 0 Å². The zero-order valence-electron chi connectivity index (χ0n) is 45.6. The highest BCUT2D eigenvalue weighted by Gasteiger charge is 2.19. The molecule has 0 aromatic carbocycles. The quantitative estimate of drug-likeness (QED) is 0.0262. The highest BCUT2D eigenvalue weighted by Crippen LogP contribution is 2.16. The van der Waals surface area contributed by atoms with Crippen molar-refractivity contribution in [2.75, 3.05) is 13.2 Å². The van der Waals surface area contributed by atoms with E-state index in [9.17, 15) is 14.4 Å². The second-order valence-electron chi connectivity index (χ2n) is 19.5. The Balaban J connectivity index is 4.31. The number of esters is 3. The van der Waals surface area contributed by atoms with E-state index >= 15 is 0 Å². The van der Waals surface area contributed by atoms with Crippen LogP contribution in [0.15, 0.2) is 72.9 Å². The van der Waals surface area contributed by atoms with E-state index in [4.69, 9.17) is 14.2 Å². The number of ether oxygens (including phenoxy) is 3. The molecule has 0 radical (unpaired) electrons. The van der Waals surface area contributed by atoms with Crippen LogP contribution >= 0.6 is 0 Å². The highest BCUT2D eigenvalue weighted by molar-refractivity contribution is 5.71. The van der Waals surface area contributed by atoms with E-state index in [1.54, 1.807) is 0 Å². The third-order valence-electron chi connectivity index (χ3n) is 12.7. The minimum Gasteiger partial charge on any atom is -0.462 e. The fourth-order valence-electron chi connectivity index (χ4n) is 8.33. The van der Waals surface area contributed by atoms with Crippen molar-refractivity contribution >= 4 is 17.9 Å². The lowest BCUT2D eigenvalue weighted by Crippen LogP contribution is -2.30. The molecule has 0 heterocycles. The van der Waals surface area contributed by atoms with Gasteiger partial charge in [-0.05, 0) is 70.6 Å². The van der Waals surface area contributed by atoms with Gasteiger partial charge in [0.2, 0.25) is 0 Å². The summed E-state index contributed by atoms with van der Waals surface area (Å²) in [5.41, 5.74) is 0. The molecule has 6 nitrogen and oxygen atoms in total. The Morgan fingerprint density at radius 3 is 0.884 bits per heavy atom. The molecule has 0 aliphatic heterocycles. The average molecular weight is 964 g/mol. The maximum atomic E-state index is 12.8. The van der Waals surface area contributed by atoms with Gasteiger partial charge in [-0.3, -0.25) is 14.4 Å². The van der Waals surface area contributed by atoms with Crippen LogP contribution in [0.5, 0.6) is 0 Å². The van der Waals surface area contributed by atoms with Gasteiger partial charge in [-0.25, -0.2) is 0 Å². The summed E-state index contributed by atoms with van der Waals surface area (Å²) in [5, 5.41) is 0. The molecule has 6 heteroatoms. The molecule has 0 amide bonds. The van der Waals surface area contributed by atoms with E-state index in [1.165, 1.54) is 148 Å². The molecule has 0 spiro atoms. The second kappa shape index (κ2) is 57.4. The minimum absolute atomic E-state index is 0.0761. The molecule has 0 rings (SSSR count). The summed E-state index contributed by atoms with van der Waals surface area (Å²) in [6, 6.07) is 0. The maximum absolute atomic E-state index is 12.8. The van der Waals surface area contributed by atoms with Gasteiger partial charge in [0.15, 0.2) is 6.10 Å². The van der Waals surface area contributed by atoms with Gasteiger partial charge in [0.1, 0.15) is 13.2 Å². The summed E-state index contributed by atoms with van der Waals surface area (Å²) in [6.45, 7) is 6.53. The number of allylic oxidation sites excluding steroid dienone is 12. The molecular formula is C63H110O6. The predicted molar refractivity (Wildman–Crippen MR) is 298 cm³/mol. The van der Waals surface area contributed by atoms with Crippen LogP contribution in [0.3, 0.4) is 0 Å². The van der Waals surface area contributed by atoms with Gasteiger partial charge < -0.3 is 14.2 Å². The largest absolute Gasteiger partial charge is 0.462 e. The molecular weight excluding hydrogens is 853 g/mol. The average Bonchev–Trinajstić information content (AvgIpc) is 3.35. The normalized spacial score (nSPS) is 12.6. The standard InChI is InChI=1S/C63H110O6/c1-4-7-10-13-16-19-22-24-26-27-28-29-30-31-32-33-34-35-37-38-41-44-47-50-53-56-62(65)68-59-60(58-67-61(64)55-52-49-46-43-40-21-18-15-12-9-6-3)69-63(66)57-54-51-48-45-42-39-36-25-23-20-17-14-11-8-5-2/h7,10,16,19,24,26,28-29,31-32,34-35,60H,4-6,8-9,11-15,17-18,20-23,25,27,30,33,36-59H2,1-3H3/b10-7-,19-16-,26-24-,29-28-,32-31-,35-34-. The number of carbonyl (C=O) groups excluding carboxylic acids is 3. The van der Waals surface area contributed by atoms with Crippen molar-refractivity contribution < 1.29 is 28.6 Å². The summed E-state index contributed by atoms with van der Waals surface area (Å²) in [6.07, 6.45) is 73.2. The van der Waals surface area contributed by atoms with E-state index in [0.29, 0.717) is 19.3 Å². The molecule has 1 atom stereocenters. The van der Waals surface area contributed by atoms with Crippen LogP contribution in [0.2, 0.25) is 0 Å². The van der Waals surface area contributed by atoms with Crippen molar-refractivity contribution in [3.63, 3.8) is 0 Å². The Morgan fingerprint density at radius 1 is 0.304 bits per heavy atom. The second-order valence-corrected chi connectivity index (χ2v) is 19.5. The molecule has 0 aromatic heterocycles. The van der Waals surface area contributed by atoms with Gasteiger partial charge in [-0.15, -0.1) is 0 Å². The summed E-state index contributed by atoms with van der Waals surface area (Å²) in [5.74, 6) is -0.880. The molecule has 398 valence electrons. The van der Waals surface area contributed by atoms with Crippen LogP contribution in [0.1, 0.15) is 290 Å². The van der Waals surface area contributed by atoms with Crippen LogP contribution in [-0.2, 0) is 28.6 Å². The molecule has 0 fully saturated rings. The zero-order chi connectivity index (χ0) is 50.0. The molecule has 69 heavy (non-hydrogen) atoms. The molecule has 0 N–H and O–H groups in total. The Hall–Kier alpha value is -3.15. The first-order valence-electron chi connectivity index (χ1n) is 29.4. The minimum atomic E-state index is -0.778. The number of rotatable bonds is 53. The highest BCUT2D eigenvalue weighted by atomic mass is 16.6. The van der Waals surface area contributed by atoms with E-state index in [1.807, 2.05) is 0 Å². The van der Waals surface area contributed by atoms with E-state index in [0.717, 1.165) is 103 Å². The van der Waals surface area contributed by atoms with Gasteiger partial charge in [-0.2, -0.15) is 0 Å². The first-order valence-corrected chi connectivity index (χ1v) is 29.4. The number of hydrogen-bond donors (Lipinski definition) is 0. The first kappa shape index (κ1) is 65.8. The molecule has 0 aliphatic rings. The monoisotopic (exact) mass is 963 g/mol. The Kier molecular flexibility index (Phi) is 54.8. The Morgan fingerprint density at radius 2 is 0.565 bits per heavy atom. The van der Waals surface area contributed by atoms with E-state index < -0.39 is 6.10 Å². The van der Waals surface area contributed by atoms with Gasteiger partial charge >= 0.3 is 17.9 Å². The van der Waals surface area contributed by atoms with Gasteiger partial charge in [0, 0.05) is 19.3 Å². The van der Waals surface area contributed by atoms with Crippen molar-refractivity contribution in [1.29, 1.82) is 0 Å². The zero-order valence-corrected chi connectivity index (χ0v) is 45.6. The lowest BCUT2D eigenvalue weighted by molar-refractivity contribution is -0.167. The predicted octanol–water partition coefficient (Wildman–Crippen LogP) is 19.8. The number of unbranched alkanes of at least 4 members (excludes halogenated alkanes) is 30. The number of hydrogen-bond acceptors (Lipinski definition) is 6. The van der Waals surface area contributed by atoms with Crippen molar-refractivity contribution in [2.45, 2.75) is 297 Å². The summed E-state index contributed by atoms with van der Waals surface area (Å²) in [7, 11) is 0. The SMILES string of the molecule is CC/C=C\C/C=C\C/C=C\C/C=C\C/C=C\C/C=C\CCCCCCCCC(=O)OCC(COC(=O)CCCCCCCCCCCCC)OC(=O)CCCCCCCCCCCCCCCCC. The van der Waals surface area contributed by atoms with Gasteiger partial charge in [0.05, 0.1) is 0 Å². The first-order chi connectivity index (χ1) is 34.0. The molecule has 0 bridgehead atoms. The van der Waals surface area contributed by atoms with Crippen molar-refractivity contribution in [1.82, 2.24) is 0 Å². The van der Waals surface area contributed by atoms with Crippen LogP contribution in [0, 0.1) is 0 Å². The molecule has 0 aliphatic carbocycles. The maximum Gasteiger partial charge on any atom is 0.306 e. The number of carbonyl (C=O) groups is 3. The van der Waals surface area contributed by atoms with Crippen molar-refractivity contribution in [3.8, 4) is 0 Å². The summed E-state index contributed by atoms with van der Waals surface area (Å²) < 4.78 is 16.9. The summed E-state index contributed by atoms with van der Waals surface area (Å²) >= 11 is 0. The lowest BCUT2D eigenvalue weighted by atomic mass is 10.0. The van der Waals surface area contributed by atoms with Crippen molar-refractivity contribution in [2.24, 2.45) is 0 Å². The fraction of sp³-hybridized carbons (Fsp3) is 0.762. The third-order valence-corrected chi connectivity index (χ3v) is 12.7. The van der Waals surface area contributed by atoms with E-state index in [-0.39, 0.29) is 31.1 Å². The topological polar surface area (TPSA) is 78.9 Å². The Labute approximate surface area is 427 Å². The smallest absolute Gasteiger partial charge is 0.306 e. The molecule has 0 saturated carbocycles. The lowest BCUT2D eigenvalue weighted by Gasteiger charge is -2.18. The van der Waals surface area contributed by atoms with Crippen LogP contribution in [0.4, 0.5) is 0 Å². The van der Waals surface area contributed by atoms with Crippen LogP contribution in [-0.4, -0.2) is 37.2 Å². The summed E-state index contributed by atoms with van der Waals surface area (Å²) in [4.78, 5) is 38.1. The fourth-order valence-corrected chi connectivity index (χ4v) is 8.33. The molecule has 0 aromatic rings. The van der Waals surface area contributed by atoms with Gasteiger partial charge in [-0.1, -0.05) is 273 Å². The Bertz CT molecular complexity index is 1290. The van der Waals surface area contributed by atoms with Crippen LogP contribution < -0.4 is 0 Å². The van der Waals surface area contributed by atoms with Crippen LogP contribution in [0.25, 0.3) is 0 Å². The molecule has 0 saturated heterocycles. The van der Waals surface area contributed by atoms with E-state index in [2.05, 4.69) is 93.7 Å². The third kappa shape index (κ3) is 55.6.